The third kappa shape index (κ3) is 4.68. The zero-order valence-corrected chi connectivity index (χ0v) is 15.1. The number of rotatable bonds is 8. The molecule has 0 amide bonds. The normalized spacial score (nSPS) is 10.5. The van der Waals surface area contributed by atoms with Crippen molar-refractivity contribution in [2.24, 2.45) is 0 Å². The molecule has 0 aliphatic carbocycles. The third-order valence-electron chi connectivity index (χ3n) is 3.52. The van der Waals surface area contributed by atoms with Gasteiger partial charge in [-0.25, -0.2) is 4.79 Å². The first-order valence-corrected chi connectivity index (χ1v) is 8.37. The molecule has 0 aromatic heterocycles. The van der Waals surface area contributed by atoms with Gasteiger partial charge in [0.2, 0.25) is 0 Å². The topological polar surface area (TPSA) is 55.8 Å². The van der Waals surface area contributed by atoms with Gasteiger partial charge in [0, 0.05) is 6.61 Å². The SMILES string of the molecule is CCCCOCc1ccccc1-c1ccc(C(=O)O)c(OI)c1. The van der Waals surface area contributed by atoms with Gasteiger partial charge in [-0.05, 0) is 35.2 Å². The van der Waals surface area contributed by atoms with E-state index in [9.17, 15) is 9.90 Å². The van der Waals surface area contributed by atoms with Gasteiger partial charge >= 0.3 is 5.97 Å². The van der Waals surface area contributed by atoms with Crippen molar-refractivity contribution >= 4 is 29.0 Å². The Morgan fingerprint density at radius 3 is 2.70 bits per heavy atom. The fourth-order valence-corrected chi connectivity index (χ4v) is 2.65. The Hall–Kier alpha value is -1.60. The molecule has 2 aromatic carbocycles. The first kappa shape index (κ1) is 17.7. The lowest BCUT2D eigenvalue weighted by Crippen LogP contribution is -2.00. The van der Waals surface area contributed by atoms with Crippen molar-refractivity contribution in [1.82, 2.24) is 0 Å². The first-order chi connectivity index (χ1) is 11.2. The van der Waals surface area contributed by atoms with E-state index in [4.69, 9.17) is 7.80 Å². The van der Waals surface area contributed by atoms with Crippen LogP contribution in [0.4, 0.5) is 0 Å². The molecule has 1 N–H and O–H groups in total. The van der Waals surface area contributed by atoms with E-state index in [0.717, 1.165) is 36.1 Å². The zero-order chi connectivity index (χ0) is 16.7. The summed E-state index contributed by atoms with van der Waals surface area (Å²) in [6.45, 7) is 3.41. The zero-order valence-electron chi connectivity index (χ0n) is 12.9. The summed E-state index contributed by atoms with van der Waals surface area (Å²) in [6.07, 6.45) is 2.15. The summed E-state index contributed by atoms with van der Waals surface area (Å²) in [4.78, 5) is 11.2. The van der Waals surface area contributed by atoms with Gasteiger partial charge in [0.1, 0.15) is 11.3 Å². The first-order valence-electron chi connectivity index (χ1n) is 7.49. The standard InChI is InChI=1S/C18H19IO4/c1-2-3-10-22-12-14-6-4-5-7-15(14)13-8-9-16(18(20)21)17(11-13)23-19/h4-9,11H,2-3,10,12H2,1H3,(H,20,21). The molecule has 5 heteroatoms. The van der Waals surface area contributed by atoms with Crippen LogP contribution in [0.5, 0.6) is 5.75 Å². The predicted octanol–water partition coefficient (Wildman–Crippen LogP) is 5.10. The largest absolute Gasteiger partial charge is 0.478 e. The van der Waals surface area contributed by atoms with Crippen LogP contribution in [0.1, 0.15) is 35.7 Å². The maximum atomic E-state index is 11.2. The Bertz CT molecular complexity index is 670. The van der Waals surface area contributed by atoms with Crippen LogP contribution in [-0.4, -0.2) is 17.7 Å². The second-order valence-electron chi connectivity index (χ2n) is 5.16. The average Bonchev–Trinajstić information content (AvgIpc) is 2.58. The number of aromatic carboxylic acids is 1. The molecule has 0 aliphatic rings. The molecule has 2 rings (SSSR count). The van der Waals surface area contributed by atoms with Crippen LogP contribution in [0, 0.1) is 0 Å². The molecule has 0 unspecified atom stereocenters. The second-order valence-corrected chi connectivity index (χ2v) is 5.60. The molecule has 0 saturated heterocycles. The Morgan fingerprint density at radius 2 is 2.00 bits per heavy atom. The van der Waals surface area contributed by atoms with E-state index in [2.05, 4.69) is 6.92 Å². The number of hydrogen-bond acceptors (Lipinski definition) is 3. The van der Waals surface area contributed by atoms with E-state index in [1.807, 2.05) is 24.3 Å². The summed E-state index contributed by atoms with van der Waals surface area (Å²) in [5.74, 6) is -0.656. The Labute approximate surface area is 150 Å². The smallest absolute Gasteiger partial charge is 0.339 e. The minimum absolute atomic E-state index is 0.153. The Kier molecular flexibility index (Phi) is 6.85. The van der Waals surface area contributed by atoms with Crippen molar-refractivity contribution in [3.05, 3.63) is 53.6 Å². The lowest BCUT2D eigenvalue weighted by Gasteiger charge is -2.12. The van der Waals surface area contributed by atoms with Gasteiger partial charge in [-0.1, -0.05) is 43.7 Å². The van der Waals surface area contributed by atoms with Crippen molar-refractivity contribution in [3.63, 3.8) is 0 Å². The van der Waals surface area contributed by atoms with E-state index < -0.39 is 5.97 Å². The minimum atomic E-state index is -1.00. The highest BCUT2D eigenvalue weighted by Crippen LogP contribution is 2.31. The van der Waals surface area contributed by atoms with E-state index >= 15 is 0 Å². The maximum Gasteiger partial charge on any atom is 0.339 e. The number of ether oxygens (including phenoxy) is 1. The summed E-state index contributed by atoms with van der Waals surface area (Å²) >= 11 is 1.70. The molecule has 0 fully saturated rings. The van der Waals surface area contributed by atoms with E-state index in [-0.39, 0.29) is 5.56 Å². The Balaban J connectivity index is 2.29. The fraction of sp³-hybridized carbons (Fsp3) is 0.278. The van der Waals surface area contributed by atoms with E-state index in [0.29, 0.717) is 12.4 Å². The minimum Gasteiger partial charge on any atom is -0.478 e. The fourth-order valence-electron chi connectivity index (χ4n) is 2.29. The number of carboxylic acid groups (broad SMARTS) is 1. The summed E-state index contributed by atoms with van der Waals surface area (Å²) in [7, 11) is 0. The number of unbranched alkanes of at least 4 members (excludes halogenated alkanes) is 1. The van der Waals surface area contributed by atoms with Crippen molar-refractivity contribution in [1.29, 1.82) is 0 Å². The highest BCUT2D eigenvalue weighted by Gasteiger charge is 2.14. The van der Waals surface area contributed by atoms with Crippen LogP contribution in [0.25, 0.3) is 11.1 Å². The van der Waals surface area contributed by atoms with Crippen LogP contribution in [0.15, 0.2) is 42.5 Å². The van der Waals surface area contributed by atoms with Crippen LogP contribution in [-0.2, 0) is 11.3 Å². The summed E-state index contributed by atoms with van der Waals surface area (Å²) < 4.78 is 10.9. The average molecular weight is 426 g/mol. The monoisotopic (exact) mass is 426 g/mol. The maximum absolute atomic E-state index is 11.2. The molecule has 0 aliphatic heterocycles. The molecule has 2 aromatic rings. The predicted molar refractivity (Wildman–Crippen MR) is 98.0 cm³/mol. The molecule has 23 heavy (non-hydrogen) atoms. The lowest BCUT2D eigenvalue weighted by atomic mass is 9.98. The molecule has 0 heterocycles. The van der Waals surface area contributed by atoms with Gasteiger partial charge < -0.3 is 12.9 Å². The van der Waals surface area contributed by atoms with Gasteiger partial charge in [0.25, 0.3) is 0 Å². The van der Waals surface area contributed by atoms with Gasteiger partial charge in [-0.3, -0.25) is 0 Å². The molecule has 0 radical (unpaired) electrons. The summed E-state index contributed by atoms with van der Waals surface area (Å²) in [5, 5.41) is 9.18. The van der Waals surface area contributed by atoms with Gasteiger partial charge in [-0.15, -0.1) is 0 Å². The highest BCUT2D eigenvalue weighted by molar-refractivity contribution is 14.1. The van der Waals surface area contributed by atoms with Crippen molar-refractivity contribution < 1.29 is 17.7 Å². The van der Waals surface area contributed by atoms with E-state index in [1.54, 1.807) is 41.2 Å². The third-order valence-corrected chi connectivity index (χ3v) is 4.00. The number of halogens is 1. The quantitative estimate of drug-likeness (QED) is 0.472. The molecule has 0 atom stereocenters. The van der Waals surface area contributed by atoms with Crippen LogP contribution < -0.4 is 3.07 Å². The van der Waals surface area contributed by atoms with Gasteiger partial charge in [-0.2, -0.15) is 0 Å². The van der Waals surface area contributed by atoms with Crippen molar-refractivity contribution in [3.8, 4) is 16.9 Å². The number of benzene rings is 2. The van der Waals surface area contributed by atoms with Crippen molar-refractivity contribution in [2.45, 2.75) is 26.4 Å². The van der Waals surface area contributed by atoms with Crippen LogP contribution in [0.3, 0.4) is 0 Å². The second kappa shape index (κ2) is 8.88. The molecule has 0 spiro atoms. The molecule has 0 saturated carbocycles. The Morgan fingerprint density at radius 1 is 1.22 bits per heavy atom. The number of hydrogen-bond donors (Lipinski definition) is 1. The molecule has 0 bridgehead atoms. The molecule has 4 nitrogen and oxygen atoms in total. The summed E-state index contributed by atoms with van der Waals surface area (Å²) in [5.41, 5.74) is 3.16. The number of carboxylic acids is 1. The molecular formula is C18H19IO4. The van der Waals surface area contributed by atoms with Gasteiger partial charge in [0.15, 0.2) is 23.0 Å². The van der Waals surface area contributed by atoms with E-state index in [1.165, 1.54) is 0 Å². The van der Waals surface area contributed by atoms with Crippen LogP contribution >= 0.6 is 23.0 Å². The summed E-state index contributed by atoms with van der Waals surface area (Å²) in [6, 6.07) is 13.1. The molecule has 122 valence electrons. The highest BCUT2D eigenvalue weighted by atomic mass is 127. The lowest BCUT2D eigenvalue weighted by molar-refractivity contribution is 0.0695. The van der Waals surface area contributed by atoms with Gasteiger partial charge in [0.05, 0.1) is 6.61 Å². The van der Waals surface area contributed by atoms with Crippen LogP contribution in [0.2, 0.25) is 0 Å². The van der Waals surface area contributed by atoms with Crippen molar-refractivity contribution in [2.75, 3.05) is 6.61 Å². The number of carbonyl (C=O) groups is 1. The molecular weight excluding hydrogens is 407 g/mol.